The highest BCUT2D eigenvalue weighted by Gasteiger charge is 2.10. The van der Waals surface area contributed by atoms with Crippen molar-refractivity contribution in [3.05, 3.63) is 138 Å². The number of oxazole rings is 2. The first-order chi connectivity index (χ1) is 24.0. The number of fused-ring (bicyclic) bond motifs is 2. The number of nitrogens with zero attached hydrogens (tertiary/aromatic N) is 4. The van der Waals surface area contributed by atoms with Crippen molar-refractivity contribution in [1.29, 1.82) is 0 Å². The van der Waals surface area contributed by atoms with Gasteiger partial charge in [-0.05, 0) is 109 Å². The lowest BCUT2D eigenvalue weighted by Gasteiger charge is -2.07. The van der Waals surface area contributed by atoms with E-state index in [-0.39, 0.29) is 0 Å². The van der Waals surface area contributed by atoms with Crippen LogP contribution in [0.15, 0.2) is 147 Å². The summed E-state index contributed by atoms with van der Waals surface area (Å²) in [6.07, 6.45) is 6.92. The number of nitrogens with one attached hydrogen (secondary N) is 1. The van der Waals surface area contributed by atoms with Gasteiger partial charge in [0.05, 0.1) is 25.3 Å². The highest BCUT2D eigenvalue weighted by atomic mass is 79.9. The first-order valence-corrected chi connectivity index (χ1v) is 15.8. The molecule has 8 rings (SSSR count). The van der Waals surface area contributed by atoms with Crippen LogP contribution in [0.4, 0.5) is 17.1 Å². The molecule has 4 aromatic heterocycles. The van der Waals surface area contributed by atoms with Gasteiger partial charge in [0.25, 0.3) is 0 Å². The number of halogens is 1. The summed E-state index contributed by atoms with van der Waals surface area (Å²) < 4.78 is 22.5. The minimum Gasteiger partial charge on any atom is -0.497 e. The van der Waals surface area contributed by atoms with Crippen molar-refractivity contribution in [2.24, 2.45) is 0 Å². The summed E-state index contributed by atoms with van der Waals surface area (Å²) in [7, 11) is 3.28. The van der Waals surface area contributed by atoms with Crippen LogP contribution < -0.4 is 20.5 Å². The smallest absolute Gasteiger partial charge is 0.228 e. The Morgan fingerprint density at radius 1 is 0.612 bits per heavy atom. The topological polar surface area (TPSA) is 134 Å². The summed E-state index contributed by atoms with van der Waals surface area (Å²) in [6.45, 7) is 0. The third-order valence-corrected chi connectivity index (χ3v) is 7.54. The Morgan fingerprint density at radius 2 is 1.12 bits per heavy atom. The van der Waals surface area contributed by atoms with Crippen LogP contribution in [0.5, 0.6) is 11.5 Å². The second kappa shape index (κ2) is 15.6. The maximum Gasteiger partial charge on any atom is 0.228 e. The molecule has 0 radical (unpaired) electrons. The molecule has 11 heteroatoms. The Kier molecular flexibility index (Phi) is 10.4. The monoisotopic (exact) mass is 714 g/mol. The Labute approximate surface area is 290 Å². The summed E-state index contributed by atoms with van der Waals surface area (Å²) >= 11 is 3.40. The number of anilines is 3. The van der Waals surface area contributed by atoms with Crippen molar-refractivity contribution >= 4 is 55.2 Å². The minimum absolute atomic E-state index is 0.569. The summed E-state index contributed by atoms with van der Waals surface area (Å²) in [5.41, 5.74) is 13.0. The average molecular weight is 716 g/mol. The molecule has 8 aromatic rings. The van der Waals surface area contributed by atoms with Crippen molar-refractivity contribution in [3.63, 3.8) is 0 Å². The van der Waals surface area contributed by atoms with Gasteiger partial charge in [-0.2, -0.15) is 0 Å². The van der Waals surface area contributed by atoms with Crippen LogP contribution in [0.3, 0.4) is 0 Å². The van der Waals surface area contributed by atoms with E-state index in [2.05, 4.69) is 41.2 Å². The molecule has 4 heterocycles. The normalized spacial score (nSPS) is 10.4. The van der Waals surface area contributed by atoms with Crippen LogP contribution in [0, 0.1) is 0 Å². The largest absolute Gasteiger partial charge is 0.497 e. The quantitative estimate of drug-likeness (QED) is 0.160. The number of hydrogen-bond acceptors (Lipinski definition) is 10. The van der Waals surface area contributed by atoms with Crippen LogP contribution >= 0.6 is 15.9 Å². The van der Waals surface area contributed by atoms with Gasteiger partial charge < -0.3 is 29.4 Å². The van der Waals surface area contributed by atoms with E-state index in [9.17, 15) is 0 Å². The lowest BCUT2D eigenvalue weighted by Crippen LogP contribution is -1.90. The number of aromatic nitrogens is 4. The van der Waals surface area contributed by atoms with E-state index in [1.807, 2.05) is 97.1 Å². The van der Waals surface area contributed by atoms with Gasteiger partial charge in [0.2, 0.25) is 11.8 Å². The number of nitrogens with two attached hydrogens (primary N) is 1. The van der Waals surface area contributed by atoms with Crippen molar-refractivity contribution in [2.45, 2.75) is 0 Å². The molecular formula is C38H31BrN6O4. The number of hydrogen-bond donors (Lipinski definition) is 2. The highest BCUT2D eigenvalue weighted by Crippen LogP contribution is 2.28. The predicted octanol–water partition coefficient (Wildman–Crippen LogP) is 9.57. The zero-order valence-corrected chi connectivity index (χ0v) is 28.2. The fourth-order valence-electron chi connectivity index (χ4n) is 4.58. The lowest BCUT2D eigenvalue weighted by atomic mass is 10.2. The highest BCUT2D eigenvalue weighted by molar-refractivity contribution is 9.10. The molecule has 244 valence electrons. The zero-order chi connectivity index (χ0) is 34.0. The van der Waals surface area contributed by atoms with Crippen LogP contribution in [-0.4, -0.2) is 34.2 Å². The van der Waals surface area contributed by atoms with E-state index in [1.54, 1.807) is 51.1 Å². The van der Waals surface area contributed by atoms with Crippen molar-refractivity contribution in [2.75, 3.05) is 25.3 Å². The van der Waals surface area contributed by atoms with E-state index in [4.69, 9.17) is 24.0 Å². The molecule has 0 unspecified atom stereocenters. The second-order valence-electron chi connectivity index (χ2n) is 10.4. The predicted molar refractivity (Wildman–Crippen MR) is 196 cm³/mol. The number of benzene rings is 4. The first-order valence-electron chi connectivity index (χ1n) is 15.1. The van der Waals surface area contributed by atoms with Crippen LogP contribution in [0.25, 0.3) is 45.1 Å². The van der Waals surface area contributed by atoms with Gasteiger partial charge in [0.1, 0.15) is 22.5 Å². The number of rotatable bonds is 6. The van der Waals surface area contributed by atoms with Gasteiger partial charge in [0.15, 0.2) is 11.2 Å². The number of pyridine rings is 2. The maximum absolute atomic E-state index is 5.79. The Balaban J connectivity index is 0.000000143. The molecule has 0 spiro atoms. The van der Waals surface area contributed by atoms with Crippen LogP contribution in [0.2, 0.25) is 0 Å². The lowest BCUT2D eigenvalue weighted by molar-refractivity contribution is 0.415. The molecule has 4 aromatic carbocycles. The van der Waals surface area contributed by atoms with Gasteiger partial charge in [-0.25, -0.2) is 9.97 Å². The van der Waals surface area contributed by atoms with E-state index in [0.29, 0.717) is 11.8 Å². The van der Waals surface area contributed by atoms with Gasteiger partial charge in [-0.15, -0.1) is 0 Å². The molecule has 0 amide bonds. The summed E-state index contributed by atoms with van der Waals surface area (Å²) in [5.74, 6) is 2.83. The van der Waals surface area contributed by atoms with Crippen LogP contribution in [0.1, 0.15) is 0 Å². The van der Waals surface area contributed by atoms with E-state index in [1.165, 1.54) is 0 Å². The summed E-state index contributed by atoms with van der Waals surface area (Å²) in [6, 6.07) is 34.2. The Morgan fingerprint density at radius 3 is 1.65 bits per heavy atom. The number of methoxy groups -OCH3 is 2. The molecule has 3 N–H and O–H groups in total. The Bertz CT molecular complexity index is 2240. The minimum atomic E-state index is 0.569. The van der Waals surface area contributed by atoms with Gasteiger partial charge >= 0.3 is 0 Å². The molecule has 0 saturated carbocycles. The third kappa shape index (κ3) is 8.59. The molecule has 10 nitrogen and oxygen atoms in total. The van der Waals surface area contributed by atoms with Crippen molar-refractivity contribution < 1.29 is 18.3 Å². The number of nitrogen functional groups attached to an aromatic ring is 1. The molecule has 0 atom stereocenters. The fraction of sp³-hybridized carbons (Fsp3) is 0.0526. The second-order valence-corrected chi connectivity index (χ2v) is 11.4. The standard InChI is InChI=1S/C19H15N3O2.C12H7BrN2O.C7H9NO/c1-23-16-7-4-14(5-8-16)21-15-6-9-18-17(11-15)22-19(24-18)13-3-2-10-20-12-13;13-9-3-4-11-10(6-9)15-12(16-11)8-2-1-5-14-7-8;1-9-7-4-2-6(8)3-5-7/h2-12,21H,1H3;1-7H;2-5H,8H2,1H3. The van der Waals surface area contributed by atoms with Crippen molar-refractivity contribution in [1.82, 2.24) is 19.9 Å². The maximum atomic E-state index is 5.79. The summed E-state index contributed by atoms with van der Waals surface area (Å²) in [4.78, 5) is 17.1. The molecule has 49 heavy (non-hydrogen) atoms. The SMILES string of the molecule is Brc1ccc2oc(-c3cccnc3)nc2c1.COc1ccc(N)cc1.COc1ccc(Nc2ccc3oc(-c4cccnc4)nc3c2)cc1. The average Bonchev–Trinajstić information content (AvgIpc) is 3.78. The van der Waals surface area contributed by atoms with E-state index in [0.717, 1.165) is 66.4 Å². The molecule has 0 aliphatic rings. The van der Waals surface area contributed by atoms with Gasteiger partial charge in [0, 0.05) is 46.3 Å². The summed E-state index contributed by atoms with van der Waals surface area (Å²) in [5, 5.41) is 3.35. The molecule has 0 aliphatic heterocycles. The van der Waals surface area contributed by atoms with Crippen molar-refractivity contribution in [3.8, 4) is 34.4 Å². The van der Waals surface area contributed by atoms with E-state index < -0.39 is 0 Å². The van der Waals surface area contributed by atoms with Crippen LogP contribution in [-0.2, 0) is 0 Å². The molecule has 0 saturated heterocycles. The van der Waals surface area contributed by atoms with Gasteiger partial charge in [-0.3, -0.25) is 9.97 Å². The Hall–Kier alpha value is -6.20. The third-order valence-electron chi connectivity index (χ3n) is 7.05. The molecular weight excluding hydrogens is 684 g/mol. The molecule has 0 aliphatic carbocycles. The van der Waals surface area contributed by atoms with Gasteiger partial charge in [-0.1, -0.05) is 15.9 Å². The molecule has 0 fully saturated rings. The fourth-order valence-corrected chi connectivity index (χ4v) is 4.93. The van der Waals surface area contributed by atoms with E-state index >= 15 is 0 Å². The first kappa shape index (κ1) is 32.7. The number of ether oxygens (including phenoxy) is 2. The zero-order valence-electron chi connectivity index (χ0n) is 26.6. The molecule has 0 bridgehead atoms.